The smallest absolute Gasteiger partial charge is 0.223 e. The third-order valence-corrected chi connectivity index (χ3v) is 4.14. The SMILES string of the molecule is Cc1ccc(CCC(=O)N2CCOC(CCN(C)C)C2)cc1. The number of morpholine rings is 1. The van der Waals surface area contributed by atoms with Crippen molar-refractivity contribution in [2.75, 3.05) is 40.3 Å². The molecule has 0 saturated carbocycles. The number of benzene rings is 1. The van der Waals surface area contributed by atoms with Crippen molar-refractivity contribution in [1.29, 1.82) is 0 Å². The molecular formula is C18H28N2O2. The van der Waals surface area contributed by atoms with Crippen LogP contribution in [0.4, 0.5) is 0 Å². The second-order valence-corrected chi connectivity index (χ2v) is 6.41. The lowest BCUT2D eigenvalue weighted by atomic mass is 10.1. The number of nitrogens with zero attached hydrogens (tertiary/aromatic N) is 2. The minimum absolute atomic E-state index is 0.180. The summed E-state index contributed by atoms with van der Waals surface area (Å²) in [5, 5.41) is 0. The zero-order chi connectivity index (χ0) is 15.9. The fourth-order valence-electron chi connectivity index (χ4n) is 2.69. The number of aryl methyl sites for hydroxylation is 2. The van der Waals surface area contributed by atoms with Gasteiger partial charge in [0.1, 0.15) is 0 Å². The second-order valence-electron chi connectivity index (χ2n) is 6.41. The molecule has 1 atom stereocenters. The Morgan fingerprint density at radius 1 is 1.32 bits per heavy atom. The maximum absolute atomic E-state index is 12.4. The summed E-state index contributed by atoms with van der Waals surface area (Å²) in [5.41, 5.74) is 2.49. The normalized spacial score (nSPS) is 18.7. The molecule has 0 N–H and O–H groups in total. The van der Waals surface area contributed by atoms with Gasteiger partial charge >= 0.3 is 0 Å². The van der Waals surface area contributed by atoms with Crippen LogP contribution < -0.4 is 0 Å². The van der Waals surface area contributed by atoms with E-state index in [1.807, 2.05) is 4.90 Å². The first-order valence-corrected chi connectivity index (χ1v) is 8.14. The van der Waals surface area contributed by atoms with E-state index < -0.39 is 0 Å². The van der Waals surface area contributed by atoms with E-state index in [2.05, 4.69) is 50.2 Å². The van der Waals surface area contributed by atoms with Gasteiger partial charge in [-0.3, -0.25) is 4.79 Å². The molecule has 0 aromatic heterocycles. The summed E-state index contributed by atoms with van der Waals surface area (Å²) in [7, 11) is 4.13. The number of hydrogen-bond acceptors (Lipinski definition) is 3. The van der Waals surface area contributed by atoms with Crippen LogP contribution in [0.2, 0.25) is 0 Å². The zero-order valence-electron chi connectivity index (χ0n) is 14.0. The van der Waals surface area contributed by atoms with Crippen molar-refractivity contribution in [3.8, 4) is 0 Å². The molecule has 4 heteroatoms. The van der Waals surface area contributed by atoms with E-state index in [4.69, 9.17) is 4.74 Å². The Balaban J connectivity index is 1.77. The van der Waals surface area contributed by atoms with Crippen LogP contribution in [0, 0.1) is 6.92 Å². The molecule has 0 aliphatic carbocycles. The molecule has 1 aliphatic rings. The molecule has 1 heterocycles. The first kappa shape index (κ1) is 17.0. The van der Waals surface area contributed by atoms with Crippen molar-refractivity contribution >= 4 is 5.91 Å². The molecule has 0 radical (unpaired) electrons. The van der Waals surface area contributed by atoms with Crippen LogP contribution in [0.3, 0.4) is 0 Å². The summed E-state index contributed by atoms with van der Waals surface area (Å²) in [6, 6.07) is 8.43. The monoisotopic (exact) mass is 304 g/mol. The highest BCUT2D eigenvalue weighted by Crippen LogP contribution is 2.12. The number of carbonyl (C=O) groups excluding carboxylic acids is 1. The Bertz CT molecular complexity index is 470. The van der Waals surface area contributed by atoms with E-state index in [9.17, 15) is 4.79 Å². The van der Waals surface area contributed by atoms with Gasteiger partial charge in [0.05, 0.1) is 12.7 Å². The predicted octanol–water partition coefficient (Wildman–Crippen LogP) is 2.11. The number of amides is 1. The molecule has 1 fully saturated rings. The molecule has 0 spiro atoms. The number of carbonyl (C=O) groups is 1. The standard InChI is InChI=1S/C18H28N2O2/c1-15-4-6-16(7-5-15)8-9-18(21)20-12-13-22-17(14-20)10-11-19(2)3/h4-7,17H,8-14H2,1-3H3. The fraction of sp³-hybridized carbons (Fsp3) is 0.611. The second kappa shape index (κ2) is 8.30. The van der Waals surface area contributed by atoms with Gasteiger partial charge in [0.25, 0.3) is 0 Å². The van der Waals surface area contributed by atoms with E-state index >= 15 is 0 Å². The summed E-state index contributed by atoms with van der Waals surface area (Å²) in [4.78, 5) is 16.5. The molecule has 22 heavy (non-hydrogen) atoms. The minimum atomic E-state index is 0.180. The molecular weight excluding hydrogens is 276 g/mol. The molecule has 1 amide bonds. The van der Waals surface area contributed by atoms with Crippen molar-refractivity contribution in [1.82, 2.24) is 9.80 Å². The first-order valence-electron chi connectivity index (χ1n) is 8.14. The van der Waals surface area contributed by atoms with Crippen molar-refractivity contribution in [3.63, 3.8) is 0 Å². The maximum atomic E-state index is 12.4. The number of hydrogen-bond donors (Lipinski definition) is 0. The Kier molecular flexibility index (Phi) is 6.40. The van der Waals surface area contributed by atoms with Gasteiger partial charge in [-0.2, -0.15) is 0 Å². The van der Waals surface area contributed by atoms with Crippen LogP contribution in [0.1, 0.15) is 24.0 Å². The van der Waals surface area contributed by atoms with Crippen LogP contribution >= 0.6 is 0 Å². The highest BCUT2D eigenvalue weighted by molar-refractivity contribution is 5.76. The molecule has 2 rings (SSSR count). The van der Waals surface area contributed by atoms with Gasteiger partial charge in [-0.15, -0.1) is 0 Å². The molecule has 1 aromatic rings. The Hall–Kier alpha value is -1.39. The summed E-state index contributed by atoms with van der Waals surface area (Å²) in [6.07, 6.45) is 2.57. The molecule has 122 valence electrons. The number of ether oxygens (including phenoxy) is 1. The van der Waals surface area contributed by atoms with Crippen LogP contribution in [0.15, 0.2) is 24.3 Å². The van der Waals surface area contributed by atoms with E-state index in [-0.39, 0.29) is 12.0 Å². The Morgan fingerprint density at radius 2 is 2.05 bits per heavy atom. The van der Waals surface area contributed by atoms with Gasteiger partial charge in [0.15, 0.2) is 0 Å². The van der Waals surface area contributed by atoms with Crippen molar-refractivity contribution in [2.24, 2.45) is 0 Å². The molecule has 0 bridgehead atoms. The Labute approximate surface area is 134 Å². The lowest BCUT2D eigenvalue weighted by Crippen LogP contribution is -2.46. The average Bonchev–Trinajstić information content (AvgIpc) is 2.52. The van der Waals surface area contributed by atoms with Gasteiger partial charge in [0, 0.05) is 26.1 Å². The van der Waals surface area contributed by atoms with E-state index in [1.165, 1.54) is 11.1 Å². The predicted molar refractivity (Wildman–Crippen MR) is 89.0 cm³/mol. The molecule has 1 aromatic carbocycles. The van der Waals surface area contributed by atoms with Crippen LogP contribution in [0.5, 0.6) is 0 Å². The van der Waals surface area contributed by atoms with E-state index in [0.29, 0.717) is 13.0 Å². The van der Waals surface area contributed by atoms with Gasteiger partial charge in [-0.1, -0.05) is 29.8 Å². The topological polar surface area (TPSA) is 32.8 Å². The van der Waals surface area contributed by atoms with Crippen LogP contribution in [-0.4, -0.2) is 62.1 Å². The zero-order valence-corrected chi connectivity index (χ0v) is 14.0. The van der Waals surface area contributed by atoms with Crippen LogP contribution in [-0.2, 0) is 16.0 Å². The van der Waals surface area contributed by atoms with Crippen molar-refractivity contribution in [2.45, 2.75) is 32.3 Å². The fourth-order valence-corrected chi connectivity index (χ4v) is 2.69. The highest BCUT2D eigenvalue weighted by Gasteiger charge is 2.23. The lowest BCUT2D eigenvalue weighted by Gasteiger charge is -2.33. The maximum Gasteiger partial charge on any atom is 0.223 e. The summed E-state index contributed by atoms with van der Waals surface area (Å²) >= 11 is 0. The summed E-state index contributed by atoms with van der Waals surface area (Å²) < 4.78 is 5.76. The number of rotatable bonds is 6. The third-order valence-electron chi connectivity index (χ3n) is 4.14. The molecule has 1 unspecified atom stereocenters. The van der Waals surface area contributed by atoms with Gasteiger partial charge in [-0.05, 0) is 39.4 Å². The van der Waals surface area contributed by atoms with Crippen molar-refractivity contribution in [3.05, 3.63) is 35.4 Å². The van der Waals surface area contributed by atoms with Crippen LogP contribution in [0.25, 0.3) is 0 Å². The summed E-state index contributed by atoms with van der Waals surface area (Å²) in [6.45, 7) is 5.20. The molecule has 1 saturated heterocycles. The van der Waals surface area contributed by atoms with Gasteiger partial charge < -0.3 is 14.5 Å². The minimum Gasteiger partial charge on any atom is -0.374 e. The van der Waals surface area contributed by atoms with E-state index in [1.54, 1.807) is 0 Å². The largest absolute Gasteiger partial charge is 0.374 e. The molecule has 1 aliphatic heterocycles. The van der Waals surface area contributed by atoms with Crippen molar-refractivity contribution < 1.29 is 9.53 Å². The quantitative estimate of drug-likeness (QED) is 0.807. The first-order chi connectivity index (χ1) is 10.5. The Morgan fingerprint density at radius 3 is 2.73 bits per heavy atom. The highest BCUT2D eigenvalue weighted by atomic mass is 16.5. The average molecular weight is 304 g/mol. The summed E-state index contributed by atoms with van der Waals surface area (Å²) in [5.74, 6) is 0.249. The lowest BCUT2D eigenvalue weighted by molar-refractivity contribution is -0.139. The molecule has 4 nitrogen and oxygen atoms in total. The van der Waals surface area contributed by atoms with Gasteiger partial charge in [0.2, 0.25) is 5.91 Å². The van der Waals surface area contributed by atoms with E-state index in [0.717, 1.165) is 32.5 Å². The van der Waals surface area contributed by atoms with Gasteiger partial charge in [-0.25, -0.2) is 0 Å². The third kappa shape index (κ3) is 5.43.